The molecule has 0 radical (unpaired) electrons. The molecular formula is C14H20N2O3. The molecule has 1 heterocycles. The Balaban J connectivity index is 2.05. The van der Waals surface area contributed by atoms with Crippen LogP contribution < -0.4 is 14.8 Å². The maximum Gasteiger partial charge on any atom is 0.321 e. The highest BCUT2D eigenvalue weighted by Gasteiger charge is 2.16. The van der Waals surface area contributed by atoms with Gasteiger partial charge in [0.25, 0.3) is 0 Å². The lowest BCUT2D eigenvalue weighted by Gasteiger charge is -2.24. The summed E-state index contributed by atoms with van der Waals surface area (Å²) in [6.07, 6.45) is 0.922. The summed E-state index contributed by atoms with van der Waals surface area (Å²) in [6.45, 7) is 5.18. The standard InChI is InChI=1S/C14H20N2O3/c1-4-10(2)16(3)14(17)15-11-5-6-12-13(9-11)19-8-7-18-12/h5-6,9-10H,4,7-8H2,1-3H3,(H,15,17). The molecule has 1 aromatic rings. The van der Waals surface area contributed by atoms with Crippen molar-refractivity contribution in [3.63, 3.8) is 0 Å². The summed E-state index contributed by atoms with van der Waals surface area (Å²) in [7, 11) is 1.79. The molecule has 1 N–H and O–H groups in total. The minimum atomic E-state index is -0.119. The molecule has 0 fully saturated rings. The number of benzene rings is 1. The predicted octanol–water partition coefficient (Wildman–Crippen LogP) is 2.72. The fourth-order valence-electron chi connectivity index (χ4n) is 1.81. The minimum Gasteiger partial charge on any atom is -0.486 e. The van der Waals surface area contributed by atoms with Crippen molar-refractivity contribution in [1.29, 1.82) is 0 Å². The number of hydrogen-bond donors (Lipinski definition) is 1. The number of hydrogen-bond acceptors (Lipinski definition) is 3. The predicted molar refractivity (Wildman–Crippen MR) is 74.0 cm³/mol. The molecular weight excluding hydrogens is 244 g/mol. The summed E-state index contributed by atoms with van der Waals surface area (Å²) in [5, 5.41) is 2.86. The summed E-state index contributed by atoms with van der Waals surface area (Å²) in [5.41, 5.74) is 0.712. The van der Waals surface area contributed by atoms with Crippen LogP contribution in [0, 0.1) is 0 Å². The molecule has 0 saturated carbocycles. The Bertz CT molecular complexity index is 462. The third-order valence-corrected chi connectivity index (χ3v) is 3.37. The van der Waals surface area contributed by atoms with Crippen molar-refractivity contribution in [3.05, 3.63) is 18.2 Å². The van der Waals surface area contributed by atoms with E-state index >= 15 is 0 Å². The largest absolute Gasteiger partial charge is 0.486 e. The van der Waals surface area contributed by atoms with Gasteiger partial charge in [0.15, 0.2) is 11.5 Å². The number of rotatable bonds is 3. The first kappa shape index (κ1) is 13.5. The SMILES string of the molecule is CCC(C)N(C)C(=O)Nc1ccc2c(c1)OCCO2. The first-order chi connectivity index (χ1) is 9.11. The lowest BCUT2D eigenvalue weighted by atomic mass is 10.2. The van der Waals surface area contributed by atoms with Gasteiger partial charge in [-0.05, 0) is 25.5 Å². The molecule has 0 aromatic heterocycles. The zero-order valence-corrected chi connectivity index (χ0v) is 11.6. The molecule has 0 bridgehead atoms. The van der Waals surface area contributed by atoms with Crippen LogP contribution in [-0.2, 0) is 0 Å². The molecule has 19 heavy (non-hydrogen) atoms. The molecule has 1 atom stereocenters. The average molecular weight is 264 g/mol. The fourth-order valence-corrected chi connectivity index (χ4v) is 1.81. The number of anilines is 1. The summed E-state index contributed by atoms with van der Waals surface area (Å²) in [4.78, 5) is 13.7. The Morgan fingerprint density at radius 2 is 2.05 bits per heavy atom. The van der Waals surface area contributed by atoms with E-state index in [2.05, 4.69) is 12.2 Å². The van der Waals surface area contributed by atoms with E-state index < -0.39 is 0 Å². The van der Waals surface area contributed by atoms with Gasteiger partial charge in [-0.2, -0.15) is 0 Å². The van der Waals surface area contributed by atoms with E-state index in [0.29, 0.717) is 24.7 Å². The van der Waals surface area contributed by atoms with E-state index in [4.69, 9.17) is 9.47 Å². The highest BCUT2D eigenvalue weighted by molar-refractivity contribution is 5.89. The molecule has 5 nitrogen and oxygen atoms in total. The maximum absolute atomic E-state index is 12.0. The Kier molecular flexibility index (Phi) is 4.14. The van der Waals surface area contributed by atoms with Gasteiger partial charge in [-0.15, -0.1) is 0 Å². The fraction of sp³-hybridized carbons (Fsp3) is 0.500. The Morgan fingerprint density at radius 1 is 1.37 bits per heavy atom. The lowest BCUT2D eigenvalue weighted by Crippen LogP contribution is -2.37. The summed E-state index contributed by atoms with van der Waals surface area (Å²) in [6, 6.07) is 5.50. The molecule has 1 aliphatic heterocycles. The number of nitrogens with one attached hydrogen (secondary N) is 1. The second kappa shape index (κ2) is 5.82. The molecule has 1 aliphatic rings. The summed E-state index contributed by atoms with van der Waals surface area (Å²) >= 11 is 0. The smallest absolute Gasteiger partial charge is 0.321 e. The molecule has 104 valence electrons. The van der Waals surface area contributed by atoms with Crippen LogP contribution in [0.5, 0.6) is 11.5 Å². The van der Waals surface area contributed by atoms with E-state index in [-0.39, 0.29) is 12.1 Å². The number of carbonyl (C=O) groups is 1. The first-order valence-electron chi connectivity index (χ1n) is 6.55. The van der Waals surface area contributed by atoms with Crippen molar-refractivity contribution in [2.45, 2.75) is 26.3 Å². The molecule has 1 aromatic carbocycles. The molecule has 0 spiro atoms. The second-order valence-corrected chi connectivity index (χ2v) is 4.66. The van der Waals surface area contributed by atoms with Gasteiger partial charge < -0.3 is 19.7 Å². The second-order valence-electron chi connectivity index (χ2n) is 4.66. The average Bonchev–Trinajstić information content (AvgIpc) is 2.45. The molecule has 0 aliphatic carbocycles. The quantitative estimate of drug-likeness (QED) is 0.913. The van der Waals surface area contributed by atoms with Gasteiger partial charge >= 0.3 is 6.03 Å². The van der Waals surface area contributed by atoms with Crippen molar-refractivity contribution < 1.29 is 14.3 Å². The van der Waals surface area contributed by atoms with E-state index in [0.717, 1.165) is 12.2 Å². The van der Waals surface area contributed by atoms with Gasteiger partial charge in [0, 0.05) is 24.8 Å². The Hall–Kier alpha value is -1.91. The zero-order chi connectivity index (χ0) is 13.8. The molecule has 2 rings (SSSR count). The molecule has 2 amide bonds. The summed E-state index contributed by atoms with van der Waals surface area (Å²) < 4.78 is 10.9. The van der Waals surface area contributed by atoms with E-state index in [1.165, 1.54) is 0 Å². The van der Waals surface area contributed by atoms with Crippen LogP contribution in [-0.4, -0.2) is 37.2 Å². The van der Waals surface area contributed by atoms with Crippen LogP contribution >= 0.6 is 0 Å². The third-order valence-electron chi connectivity index (χ3n) is 3.37. The van der Waals surface area contributed by atoms with Crippen LogP contribution in [0.3, 0.4) is 0 Å². The highest BCUT2D eigenvalue weighted by Crippen LogP contribution is 2.32. The number of ether oxygens (including phenoxy) is 2. The third kappa shape index (κ3) is 3.10. The maximum atomic E-state index is 12.0. The number of nitrogens with zero attached hydrogens (tertiary/aromatic N) is 1. The first-order valence-corrected chi connectivity index (χ1v) is 6.55. The van der Waals surface area contributed by atoms with Gasteiger partial charge in [-0.1, -0.05) is 6.92 Å². The molecule has 0 saturated heterocycles. The van der Waals surface area contributed by atoms with Crippen molar-refractivity contribution in [3.8, 4) is 11.5 Å². The Labute approximate surface area is 113 Å². The van der Waals surface area contributed by atoms with Gasteiger partial charge in [0.2, 0.25) is 0 Å². The monoisotopic (exact) mass is 264 g/mol. The number of carbonyl (C=O) groups excluding carboxylic acids is 1. The number of urea groups is 1. The molecule has 1 unspecified atom stereocenters. The van der Waals surface area contributed by atoms with Crippen LogP contribution in [0.15, 0.2) is 18.2 Å². The molecule has 5 heteroatoms. The van der Waals surface area contributed by atoms with Crippen LogP contribution in [0.2, 0.25) is 0 Å². The van der Waals surface area contributed by atoms with Crippen molar-refractivity contribution in [2.24, 2.45) is 0 Å². The minimum absolute atomic E-state index is 0.119. The van der Waals surface area contributed by atoms with Crippen molar-refractivity contribution in [1.82, 2.24) is 4.90 Å². The highest BCUT2D eigenvalue weighted by atomic mass is 16.6. The van der Waals surface area contributed by atoms with Gasteiger partial charge in [0.1, 0.15) is 13.2 Å². The van der Waals surface area contributed by atoms with Crippen molar-refractivity contribution >= 4 is 11.7 Å². The lowest BCUT2D eigenvalue weighted by molar-refractivity contribution is 0.171. The van der Waals surface area contributed by atoms with E-state index in [9.17, 15) is 4.79 Å². The van der Waals surface area contributed by atoms with Gasteiger partial charge in [-0.3, -0.25) is 0 Å². The van der Waals surface area contributed by atoms with Gasteiger partial charge in [-0.25, -0.2) is 4.79 Å². The number of amides is 2. The van der Waals surface area contributed by atoms with E-state index in [1.807, 2.05) is 19.1 Å². The zero-order valence-electron chi connectivity index (χ0n) is 11.6. The number of fused-ring (bicyclic) bond motifs is 1. The van der Waals surface area contributed by atoms with Crippen LogP contribution in [0.4, 0.5) is 10.5 Å². The summed E-state index contributed by atoms with van der Waals surface area (Å²) in [5.74, 6) is 1.40. The van der Waals surface area contributed by atoms with E-state index in [1.54, 1.807) is 18.0 Å². The topological polar surface area (TPSA) is 50.8 Å². The van der Waals surface area contributed by atoms with Crippen molar-refractivity contribution in [2.75, 3.05) is 25.6 Å². The normalized spacial score (nSPS) is 14.7. The van der Waals surface area contributed by atoms with Crippen LogP contribution in [0.1, 0.15) is 20.3 Å². The Morgan fingerprint density at radius 3 is 2.74 bits per heavy atom. The van der Waals surface area contributed by atoms with Crippen LogP contribution in [0.25, 0.3) is 0 Å². The van der Waals surface area contributed by atoms with Gasteiger partial charge in [0.05, 0.1) is 0 Å².